The van der Waals surface area contributed by atoms with Gasteiger partial charge >= 0.3 is 5.97 Å². The van der Waals surface area contributed by atoms with E-state index in [-0.39, 0.29) is 6.61 Å². The summed E-state index contributed by atoms with van der Waals surface area (Å²) in [6, 6.07) is 10.1. The van der Waals surface area contributed by atoms with Gasteiger partial charge in [-0.25, -0.2) is 4.79 Å². The highest BCUT2D eigenvalue weighted by Crippen LogP contribution is 2.22. The molecule has 0 spiro atoms. The number of carbonyl (C=O) groups excluding carboxylic acids is 1. The molecule has 0 radical (unpaired) electrons. The number of rotatable bonds is 4. The SMILES string of the molecule is CCOC(=O)/C(F)=C1/CCCN(Cc2ccccc2)C1. The van der Waals surface area contributed by atoms with Crippen LogP contribution in [0.1, 0.15) is 25.3 Å². The van der Waals surface area contributed by atoms with Crippen LogP contribution in [0.3, 0.4) is 0 Å². The third kappa shape index (κ3) is 3.90. The van der Waals surface area contributed by atoms with Crippen LogP contribution >= 0.6 is 0 Å². The molecule has 20 heavy (non-hydrogen) atoms. The zero-order valence-electron chi connectivity index (χ0n) is 11.8. The molecule has 1 saturated heterocycles. The van der Waals surface area contributed by atoms with Gasteiger partial charge in [0, 0.05) is 13.1 Å². The van der Waals surface area contributed by atoms with Gasteiger partial charge < -0.3 is 4.74 Å². The monoisotopic (exact) mass is 277 g/mol. The van der Waals surface area contributed by atoms with E-state index in [1.807, 2.05) is 18.2 Å². The predicted molar refractivity (Wildman–Crippen MR) is 75.7 cm³/mol. The van der Waals surface area contributed by atoms with Crippen molar-refractivity contribution in [3.63, 3.8) is 0 Å². The van der Waals surface area contributed by atoms with E-state index in [0.717, 1.165) is 19.5 Å². The highest BCUT2D eigenvalue weighted by atomic mass is 19.1. The Kier molecular flexibility index (Phi) is 5.30. The zero-order valence-corrected chi connectivity index (χ0v) is 11.8. The fourth-order valence-corrected chi connectivity index (χ4v) is 2.44. The summed E-state index contributed by atoms with van der Waals surface area (Å²) in [5, 5.41) is 0. The molecule has 0 unspecified atom stereocenters. The molecule has 3 nitrogen and oxygen atoms in total. The number of benzene rings is 1. The standard InChI is InChI=1S/C16H20FNO2/c1-2-20-16(19)15(17)14-9-6-10-18(12-14)11-13-7-4-3-5-8-13/h3-5,7-8H,2,6,9-12H2,1H3/b15-14+. The molecule has 0 aromatic heterocycles. The Hall–Kier alpha value is -1.68. The molecule has 0 bridgehead atoms. The summed E-state index contributed by atoms with van der Waals surface area (Å²) in [5.74, 6) is -1.53. The van der Waals surface area contributed by atoms with Crippen molar-refractivity contribution in [2.45, 2.75) is 26.3 Å². The van der Waals surface area contributed by atoms with Crippen molar-refractivity contribution in [3.05, 3.63) is 47.3 Å². The van der Waals surface area contributed by atoms with Gasteiger partial charge in [0.2, 0.25) is 5.83 Å². The Morgan fingerprint density at radius 3 is 2.80 bits per heavy atom. The molecule has 1 aliphatic rings. The molecule has 1 heterocycles. The maximum atomic E-state index is 14.0. The van der Waals surface area contributed by atoms with Crippen molar-refractivity contribution in [2.75, 3.05) is 19.7 Å². The summed E-state index contributed by atoms with van der Waals surface area (Å²) in [4.78, 5) is 13.6. The molecule has 2 rings (SSSR count). The summed E-state index contributed by atoms with van der Waals surface area (Å²) < 4.78 is 18.7. The number of esters is 1. The maximum absolute atomic E-state index is 14.0. The van der Waals surface area contributed by atoms with E-state index in [9.17, 15) is 9.18 Å². The van der Waals surface area contributed by atoms with Gasteiger partial charge in [0.1, 0.15) is 0 Å². The normalized spacial score (nSPS) is 18.7. The zero-order chi connectivity index (χ0) is 14.4. The van der Waals surface area contributed by atoms with Crippen molar-refractivity contribution in [1.29, 1.82) is 0 Å². The minimum Gasteiger partial charge on any atom is -0.461 e. The fourth-order valence-electron chi connectivity index (χ4n) is 2.44. The number of hydrogen-bond donors (Lipinski definition) is 0. The number of likely N-dealkylation sites (tertiary alicyclic amines) is 1. The number of nitrogens with zero attached hydrogens (tertiary/aromatic N) is 1. The lowest BCUT2D eigenvalue weighted by Crippen LogP contribution is -2.31. The molecule has 0 N–H and O–H groups in total. The molecule has 108 valence electrons. The molecule has 4 heteroatoms. The van der Waals surface area contributed by atoms with E-state index >= 15 is 0 Å². The van der Waals surface area contributed by atoms with Crippen molar-refractivity contribution >= 4 is 5.97 Å². The lowest BCUT2D eigenvalue weighted by molar-refractivity contribution is -0.140. The van der Waals surface area contributed by atoms with Gasteiger partial charge in [-0.3, -0.25) is 4.90 Å². The second kappa shape index (κ2) is 7.20. The van der Waals surface area contributed by atoms with Crippen LogP contribution in [0.15, 0.2) is 41.7 Å². The highest BCUT2D eigenvalue weighted by Gasteiger charge is 2.22. The van der Waals surface area contributed by atoms with Crippen LogP contribution < -0.4 is 0 Å². The van der Waals surface area contributed by atoms with E-state index in [4.69, 9.17) is 4.74 Å². The van der Waals surface area contributed by atoms with Crippen LogP contribution in [0, 0.1) is 0 Å². The van der Waals surface area contributed by atoms with Gasteiger partial charge in [0.25, 0.3) is 0 Å². The van der Waals surface area contributed by atoms with Crippen molar-refractivity contribution in [3.8, 4) is 0 Å². The van der Waals surface area contributed by atoms with Crippen LogP contribution in [0.5, 0.6) is 0 Å². The van der Waals surface area contributed by atoms with Crippen LogP contribution in [0.4, 0.5) is 4.39 Å². The Morgan fingerprint density at radius 2 is 2.10 bits per heavy atom. The summed E-state index contributed by atoms with van der Waals surface area (Å²) in [7, 11) is 0. The van der Waals surface area contributed by atoms with E-state index in [1.165, 1.54) is 5.56 Å². The van der Waals surface area contributed by atoms with E-state index < -0.39 is 11.8 Å². The molecule has 1 aromatic carbocycles. The predicted octanol–water partition coefficient (Wildman–Crippen LogP) is 3.07. The second-order valence-electron chi connectivity index (χ2n) is 4.94. The average molecular weight is 277 g/mol. The molecular weight excluding hydrogens is 257 g/mol. The Balaban J connectivity index is 2.01. The van der Waals surface area contributed by atoms with Gasteiger partial charge in [-0.05, 0) is 37.4 Å². The van der Waals surface area contributed by atoms with Crippen molar-refractivity contribution < 1.29 is 13.9 Å². The molecule has 0 amide bonds. The highest BCUT2D eigenvalue weighted by molar-refractivity contribution is 5.86. The third-order valence-electron chi connectivity index (χ3n) is 3.38. The third-order valence-corrected chi connectivity index (χ3v) is 3.38. The topological polar surface area (TPSA) is 29.5 Å². The largest absolute Gasteiger partial charge is 0.461 e. The van der Waals surface area contributed by atoms with E-state index in [2.05, 4.69) is 17.0 Å². The van der Waals surface area contributed by atoms with Crippen molar-refractivity contribution in [1.82, 2.24) is 4.90 Å². The summed E-state index contributed by atoms with van der Waals surface area (Å²) in [6.45, 7) is 4.08. The van der Waals surface area contributed by atoms with Crippen LogP contribution in [-0.2, 0) is 16.1 Å². The number of halogens is 1. The van der Waals surface area contributed by atoms with Gasteiger partial charge in [-0.15, -0.1) is 0 Å². The molecule has 0 aliphatic carbocycles. The quantitative estimate of drug-likeness (QED) is 0.625. The fraction of sp³-hybridized carbons (Fsp3) is 0.438. The minimum absolute atomic E-state index is 0.202. The molecule has 0 saturated carbocycles. The van der Waals surface area contributed by atoms with E-state index in [1.54, 1.807) is 6.92 Å². The summed E-state index contributed by atoms with van der Waals surface area (Å²) in [5.41, 5.74) is 1.76. The summed E-state index contributed by atoms with van der Waals surface area (Å²) >= 11 is 0. The van der Waals surface area contributed by atoms with Gasteiger partial charge in [-0.2, -0.15) is 4.39 Å². The van der Waals surface area contributed by atoms with Gasteiger partial charge in [0.05, 0.1) is 6.61 Å². The molecule has 0 atom stereocenters. The molecule has 1 fully saturated rings. The lowest BCUT2D eigenvalue weighted by Gasteiger charge is -2.28. The first-order valence-electron chi connectivity index (χ1n) is 7.01. The van der Waals surface area contributed by atoms with Gasteiger partial charge in [-0.1, -0.05) is 30.3 Å². The number of hydrogen-bond acceptors (Lipinski definition) is 3. The first kappa shape index (κ1) is 14.7. The first-order valence-corrected chi connectivity index (χ1v) is 7.01. The molecule has 1 aromatic rings. The molecule has 1 aliphatic heterocycles. The number of piperidine rings is 1. The number of carbonyl (C=O) groups is 1. The molecular formula is C16H20FNO2. The summed E-state index contributed by atoms with van der Waals surface area (Å²) in [6.07, 6.45) is 1.50. The first-order chi connectivity index (χ1) is 9.70. The Labute approximate surface area is 119 Å². The number of ether oxygens (including phenoxy) is 1. The lowest BCUT2D eigenvalue weighted by atomic mass is 10.0. The Bertz CT molecular complexity index is 485. The second-order valence-corrected chi connectivity index (χ2v) is 4.94. The minimum atomic E-state index is -0.830. The van der Waals surface area contributed by atoms with Crippen molar-refractivity contribution in [2.24, 2.45) is 0 Å². The maximum Gasteiger partial charge on any atom is 0.367 e. The van der Waals surface area contributed by atoms with Gasteiger partial charge in [0.15, 0.2) is 0 Å². The Morgan fingerprint density at radius 1 is 1.35 bits per heavy atom. The van der Waals surface area contributed by atoms with Crippen LogP contribution in [0.2, 0.25) is 0 Å². The van der Waals surface area contributed by atoms with Crippen LogP contribution in [0.25, 0.3) is 0 Å². The smallest absolute Gasteiger partial charge is 0.367 e. The van der Waals surface area contributed by atoms with Crippen LogP contribution in [-0.4, -0.2) is 30.6 Å². The van der Waals surface area contributed by atoms with E-state index in [0.29, 0.717) is 18.5 Å². The average Bonchev–Trinajstić information content (AvgIpc) is 2.48.